The molecule has 1 aromatic heterocycles. The maximum atomic E-state index is 12.8. The normalized spacial score (nSPS) is 8.92. The summed E-state index contributed by atoms with van der Waals surface area (Å²) in [4.78, 5) is 13.5. The Morgan fingerprint density at radius 2 is 2.46 bits per heavy atom. The molecule has 2 N–H and O–H groups in total. The molecule has 0 saturated heterocycles. The van der Waals surface area contributed by atoms with Gasteiger partial charge in [-0.25, -0.2) is 14.2 Å². The third-order valence-corrected chi connectivity index (χ3v) is 1.20. The molecule has 1 rings (SSSR count). The average Bonchev–Trinajstić information content (AvgIpc) is 2.03. The molecule has 0 aliphatic rings. The van der Waals surface area contributed by atoms with Crippen molar-refractivity contribution in [2.45, 2.75) is 0 Å². The number of nitrogens with one attached hydrogen (secondary N) is 1. The lowest BCUT2D eigenvalue weighted by atomic mass is 10.3. The molecule has 1 heterocycles. The Balaban J connectivity index is 2.97. The second-order valence-corrected chi connectivity index (χ2v) is 2.10. The fraction of sp³-hybridized carbons (Fsp3) is 0. The molecule has 66 valence electrons. The lowest BCUT2D eigenvalue weighted by Gasteiger charge is -1.99. The van der Waals surface area contributed by atoms with Crippen LogP contribution in [0.5, 0.6) is 0 Å². The van der Waals surface area contributed by atoms with Crippen molar-refractivity contribution < 1.29 is 14.3 Å². The lowest BCUT2D eigenvalue weighted by molar-refractivity contribution is 0.209. The Morgan fingerprint density at radius 1 is 1.77 bits per heavy atom. The molecule has 13 heavy (non-hydrogen) atoms. The first-order valence-electron chi connectivity index (χ1n) is 3.19. The summed E-state index contributed by atoms with van der Waals surface area (Å²) in [6.07, 6.45) is -0.249. The first-order valence-corrected chi connectivity index (χ1v) is 3.19. The molecule has 0 unspecified atom stereocenters. The average molecular weight is 181 g/mol. The SMILES string of the molecule is N#Cc1ncc(NC(=O)O)cc1F. The monoisotopic (exact) mass is 181 g/mol. The molecule has 1 amide bonds. The predicted octanol–water partition coefficient (Wildman–Crippen LogP) is 1.18. The van der Waals surface area contributed by atoms with Crippen molar-refractivity contribution in [1.29, 1.82) is 5.26 Å². The van der Waals surface area contributed by atoms with E-state index in [1.807, 2.05) is 5.32 Å². The van der Waals surface area contributed by atoms with Crippen LogP contribution in [0.3, 0.4) is 0 Å². The smallest absolute Gasteiger partial charge is 0.409 e. The van der Waals surface area contributed by atoms with Gasteiger partial charge in [0.05, 0.1) is 11.9 Å². The van der Waals surface area contributed by atoms with Gasteiger partial charge < -0.3 is 5.11 Å². The van der Waals surface area contributed by atoms with Crippen LogP contribution in [0, 0.1) is 17.1 Å². The fourth-order valence-electron chi connectivity index (χ4n) is 0.712. The van der Waals surface area contributed by atoms with Crippen molar-refractivity contribution in [3.63, 3.8) is 0 Å². The minimum atomic E-state index is -1.31. The maximum Gasteiger partial charge on any atom is 0.409 e. The van der Waals surface area contributed by atoms with Gasteiger partial charge in [0.2, 0.25) is 0 Å². The second-order valence-electron chi connectivity index (χ2n) is 2.10. The molecule has 0 fully saturated rings. The minimum Gasteiger partial charge on any atom is -0.465 e. The van der Waals surface area contributed by atoms with E-state index in [1.54, 1.807) is 0 Å². The van der Waals surface area contributed by atoms with Gasteiger partial charge in [0.15, 0.2) is 11.5 Å². The number of nitriles is 1. The van der Waals surface area contributed by atoms with Crippen molar-refractivity contribution in [2.75, 3.05) is 5.32 Å². The zero-order valence-electron chi connectivity index (χ0n) is 6.28. The molecule has 0 spiro atoms. The van der Waals surface area contributed by atoms with Crippen molar-refractivity contribution >= 4 is 11.8 Å². The number of carboxylic acid groups (broad SMARTS) is 1. The summed E-state index contributed by atoms with van der Waals surface area (Å²) in [6.45, 7) is 0. The molecule has 5 nitrogen and oxygen atoms in total. The maximum absolute atomic E-state index is 12.8. The van der Waals surface area contributed by atoms with E-state index in [0.29, 0.717) is 0 Å². The Bertz CT molecular complexity index is 386. The van der Waals surface area contributed by atoms with E-state index in [-0.39, 0.29) is 11.4 Å². The van der Waals surface area contributed by atoms with Gasteiger partial charge in [0.25, 0.3) is 0 Å². The molecule has 0 saturated carbocycles. The number of pyridine rings is 1. The van der Waals surface area contributed by atoms with E-state index in [4.69, 9.17) is 10.4 Å². The molecule has 6 heteroatoms. The van der Waals surface area contributed by atoms with Gasteiger partial charge in [-0.2, -0.15) is 5.26 Å². The topological polar surface area (TPSA) is 86.0 Å². The first kappa shape index (κ1) is 8.93. The summed E-state index contributed by atoms with van der Waals surface area (Å²) in [7, 11) is 0. The standard InChI is InChI=1S/C7H4FN3O2/c8-5-1-4(11-7(12)13)3-10-6(5)2-9/h1,3,11H,(H,12,13). The van der Waals surface area contributed by atoms with Crippen molar-refractivity contribution in [3.05, 3.63) is 23.8 Å². The van der Waals surface area contributed by atoms with Crippen LogP contribution in [0.15, 0.2) is 12.3 Å². The van der Waals surface area contributed by atoms with E-state index < -0.39 is 11.9 Å². The highest BCUT2D eigenvalue weighted by Gasteiger charge is 2.05. The van der Waals surface area contributed by atoms with Crippen LogP contribution >= 0.6 is 0 Å². The minimum absolute atomic E-state index is 0.0102. The van der Waals surface area contributed by atoms with Crippen LogP contribution in [0.1, 0.15) is 5.69 Å². The van der Waals surface area contributed by atoms with Crippen molar-refractivity contribution in [3.8, 4) is 6.07 Å². The van der Waals surface area contributed by atoms with Crippen molar-refractivity contribution in [2.24, 2.45) is 0 Å². The molecule has 0 aromatic carbocycles. The van der Waals surface area contributed by atoms with Crippen LogP contribution in [-0.4, -0.2) is 16.2 Å². The molecule has 0 aliphatic heterocycles. The quantitative estimate of drug-likeness (QED) is 0.681. The largest absolute Gasteiger partial charge is 0.465 e. The number of nitrogens with zero attached hydrogens (tertiary/aromatic N) is 2. The summed E-state index contributed by atoms with van der Waals surface area (Å²) < 4.78 is 12.8. The number of hydrogen-bond donors (Lipinski definition) is 2. The zero-order chi connectivity index (χ0) is 9.84. The summed E-state index contributed by atoms with van der Waals surface area (Å²) in [5.41, 5.74) is -0.375. The molecule has 0 bridgehead atoms. The zero-order valence-corrected chi connectivity index (χ0v) is 6.28. The fourth-order valence-corrected chi connectivity index (χ4v) is 0.712. The molecule has 0 radical (unpaired) electrons. The van der Waals surface area contributed by atoms with E-state index >= 15 is 0 Å². The van der Waals surface area contributed by atoms with Gasteiger partial charge in [-0.1, -0.05) is 0 Å². The highest BCUT2D eigenvalue weighted by molar-refractivity contribution is 5.82. The Morgan fingerprint density at radius 3 is 2.92 bits per heavy atom. The third-order valence-electron chi connectivity index (χ3n) is 1.20. The van der Waals surface area contributed by atoms with E-state index in [2.05, 4.69) is 4.98 Å². The number of halogens is 1. The van der Waals surface area contributed by atoms with Crippen LogP contribution < -0.4 is 5.32 Å². The molecule has 0 aliphatic carbocycles. The molecular formula is C7H4FN3O2. The molecular weight excluding hydrogens is 177 g/mol. The van der Waals surface area contributed by atoms with Crippen LogP contribution in [0.4, 0.5) is 14.9 Å². The van der Waals surface area contributed by atoms with Gasteiger partial charge in [-0.3, -0.25) is 5.32 Å². The second kappa shape index (κ2) is 3.49. The van der Waals surface area contributed by atoms with Gasteiger partial charge in [-0.05, 0) is 0 Å². The van der Waals surface area contributed by atoms with E-state index in [1.165, 1.54) is 6.07 Å². The van der Waals surface area contributed by atoms with Crippen LogP contribution in [-0.2, 0) is 0 Å². The summed E-state index contributed by atoms with van der Waals surface area (Å²) in [5.74, 6) is -0.853. The summed E-state index contributed by atoms with van der Waals surface area (Å²) >= 11 is 0. The van der Waals surface area contributed by atoms with Gasteiger partial charge >= 0.3 is 6.09 Å². The lowest BCUT2D eigenvalue weighted by Crippen LogP contribution is -2.08. The molecule has 0 atom stereocenters. The number of hydrogen-bond acceptors (Lipinski definition) is 3. The number of carbonyl (C=O) groups is 1. The van der Waals surface area contributed by atoms with E-state index in [0.717, 1.165) is 12.3 Å². The van der Waals surface area contributed by atoms with Gasteiger partial charge in [0, 0.05) is 6.07 Å². The Hall–Kier alpha value is -2.16. The number of rotatable bonds is 1. The number of amides is 1. The Kier molecular flexibility index (Phi) is 2.40. The van der Waals surface area contributed by atoms with Crippen LogP contribution in [0.25, 0.3) is 0 Å². The van der Waals surface area contributed by atoms with Gasteiger partial charge in [0.1, 0.15) is 6.07 Å². The predicted molar refractivity (Wildman–Crippen MR) is 40.6 cm³/mol. The highest BCUT2D eigenvalue weighted by atomic mass is 19.1. The summed E-state index contributed by atoms with van der Waals surface area (Å²) in [6, 6.07) is 2.40. The van der Waals surface area contributed by atoms with E-state index in [9.17, 15) is 9.18 Å². The van der Waals surface area contributed by atoms with Gasteiger partial charge in [-0.15, -0.1) is 0 Å². The number of aromatic nitrogens is 1. The third kappa shape index (κ3) is 2.13. The summed E-state index contributed by atoms with van der Waals surface area (Å²) in [5, 5.41) is 18.5. The van der Waals surface area contributed by atoms with Crippen LogP contribution in [0.2, 0.25) is 0 Å². The Labute approximate surface area is 72.4 Å². The highest BCUT2D eigenvalue weighted by Crippen LogP contribution is 2.10. The number of anilines is 1. The van der Waals surface area contributed by atoms with Crippen molar-refractivity contribution in [1.82, 2.24) is 4.98 Å². The molecule has 1 aromatic rings. The first-order chi connectivity index (χ1) is 6.13.